The molecule has 170 valence electrons. The van der Waals surface area contributed by atoms with Crippen molar-refractivity contribution in [2.75, 3.05) is 17.2 Å². The van der Waals surface area contributed by atoms with Gasteiger partial charge in [0.25, 0.3) is 0 Å². The maximum atomic E-state index is 14.7. The van der Waals surface area contributed by atoms with Gasteiger partial charge in [0.2, 0.25) is 0 Å². The van der Waals surface area contributed by atoms with Gasteiger partial charge in [-0.3, -0.25) is 9.67 Å². The van der Waals surface area contributed by atoms with Crippen LogP contribution in [0.5, 0.6) is 0 Å². The van der Waals surface area contributed by atoms with E-state index in [9.17, 15) is 22.4 Å². The number of carbonyl (C=O) groups excluding carboxylic acids is 1. The second kappa shape index (κ2) is 8.87. The van der Waals surface area contributed by atoms with Crippen molar-refractivity contribution >= 4 is 28.3 Å². The summed E-state index contributed by atoms with van der Waals surface area (Å²) >= 11 is 0. The summed E-state index contributed by atoms with van der Waals surface area (Å²) in [6.07, 6.45) is 0.179. The first-order chi connectivity index (χ1) is 15.8. The van der Waals surface area contributed by atoms with Crippen LogP contribution in [0.4, 0.5) is 33.7 Å². The van der Waals surface area contributed by atoms with E-state index in [-0.39, 0.29) is 24.5 Å². The summed E-state index contributed by atoms with van der Waals surface area (Å²) in [6, 6.07) is 7.34. The maximum absolute atomic E-state index is 14.7. The summed E-state index contributed by atoms with van der Waals surface area (Å²) in [7, 11) is 0. The molecule has 33 heavy (non-hydrogen) atoms. The Kier molecular flexibility index (Phi) is 5.97. The van der Waals surface area contributed by atoms with E-state index >= 15 is 0 Å². The predicted octanol–water partition coefficient (Wildman–Crippen LogP) is 4.89. The highest BCUT2D eigenvalue weighted by Gasteiger charge is 2.30. The van der Waals surface area contributed by atoms with Crippen molar-refractivity contribution in [3.63, 3.8) is 0 Å². The van der Waals surface area contributed by atoms with Crippen LogP contribution in [-0.4, -0.2) is 32.5 Å². The minimum Gasteiger partial charge on any atom is -0.394 e. The second-order valence-electron chi connectivity index (χ2n) is 7.06. The molecule has 0 aliphatic carbocycles. The van der Waals surface area contributed by atoms with E-state index in [0.29, 0.717) is 22.0 Å². The molecule has 0 radical (unpaired) electrons. The van der Waals surface area contributed by atoms with Crippen LogP contribution in [0, 0.1) is 5.82 Å². The Morgan fingerprint density at radius 3 is 2.61 bits per heavy atom. The zero-order chi connectivity index (χ0) is 23.6. The van der Waals surface area contributed by atoms with Gasteiger partial charge in [0.05, 0.1) is 42.3 Å². The number of aromatic nitrogens is 3. The molecule has 0 unspecified atom stereocenters. The number of alkyl halides is 3. The molecule has 0 fully saturated rings. The van der Waals surface area contributed by atoms with Gasteiger partial charge in [-0.2, -0.15) is 18.3 Å². The molecule has 2 aromatic heterocycles. The number of hydrogen-bond donors (Lipinski definition) is 3. The van der Waals surface area contributed by atoms with Crippen LogP contribution in [0.1, 0.15) is 5.56 Å². The molecule has 3 N–H and O–H groups in total. The number of aliphatic hydroxyl groups is 1. The molecule has 0 aliphatic rings. The van der Waals surface area contributed by atoms with E-state index in [0.717, 1.165) is 18.2 Å². The van der Waals surface area contributed by atoms with E-state index in [1.165, 1.54) is 18.2 Å². The highest BCUT2D eigenvalue weighted by atomic mass is 19.4. The van der Waals surface area contributed by atoms with Gasteiger partial charge in [0, 0.05) is 22.8 Å². The molecule has 0 saturated carbocycles. The molecule has 2 aromatic carbocycles. The maximum Gasteiger partial charge on any atom is 0.416 e. The van der Waals surface area contributed by atoms with Crippen molar-refractivity contribution in [2.45, 2.75) is 12.7 Å². The number of aliphatic hydroxyl groups excluding tert-OH is 1. The molecule has 0 saturated heterocycles. The zero-order valence-corrected chi connectivity index (χ0v) is 16.9. The van der Waals surface area contributed by atoms with Gasteiger partial charge >= 0.3 is 12.2 Å². The van der Waals surface area contributed by atoms with Crippen LogP contribution >= 0.6 is 0 Å². The number of rotatable bonds is 5. The lowest BCUT2D eigenvalue weighted by molar-refractivity contribution is -0.137. The third-order valence-corrected chi connectivity index (χ3v) is 4.86. The van der Waals surface area contributed by atoms with Crippen molar-refractivity contribution in [1.82, 2.24) is 14.8 Å². The van der Waals surface area contributed by atoms with Gasteiger partial charge in [-0.25, -0.2) is 9.18 Å². The van der Waals surface area contributed by atoms with Crippen LogP contribution in [0.25, 0.3) is 22.0 Å². The van der Waals surface area contributed by atoms with Crippen molar-refractivity contribution in [3.8, 4) is 11.1 Å². The summed E-state index contributed by atoms with van der Waals surface area (Å²) in [5.74, 6) is -0.744. The fraction of sp³-hybridized carbons (Fsp3) is 0.136. The number of benzene rings is 2. The Bertz CT molecular complexity index is 1320. The minimum absolute atomic E-state index is 0.0861. The fourth-order valence-corrected chi connectivity index (χ4v) is 3.34. The average molecular weight is 459 g/mol. The Hall–Kier alpha value is -3.99. The first-order valence-corrected chi connectivity index (χ1v) is 9.72. The summed E-state index contributed by atoms with van der Waals surface area (Å²) in [4.78, 5) is 16.3. The minimum atomic E-state index is -4.55. The number of amides is 2. The summed E-state index contributed by atoms with van der Waals surface area (Å²) in [5, 5.41) is 18.6. The summed E-state index contributed by atoms with van der Waals surface area (Å²) in [6.45, 7) is 0.186. The van der Waals surface area contributed by atoms with Gasteiger partial charge in [0.15, 0.2) is 0 Å². The number of nitrogens with zero attached hydrogens (tertiary/aromatic N) is 3. The molecule has 4 aromatic rings. The van der Waals surface area contributed by atoms with Crippen LogP contribution in [-0.2, 0) is 12.7 Å². The van der Waals surface area contributed by atoms with Crippen molar-refractivity contribution in [3.05, 3.63) is 72.4 Å². The molecule has 2 amide bonds. The molecule has 11 heteroatoms. The molecule has 0 atom stereocenters. The second-order valence-corrected chi connectivity index (χ2v) is 7.06. The number of urea groups is 1. The smallest absolute Gasteiger partial charge is 0.394 e. The first-order valence-electron chi connectivity index (χ1n) is 9.72. The summed E-state index contributed by atoms with van der Waals surface area (Å²) in [5.41, 5.74) is 0.607. The van der Waals surface area contributed by atoms with Crippen LogP contribution in [0.15, 0.2) is 61.1 Å². The molecule has 7 nitrogen and oxygen atoms in total. The highest BCUT2D eigenvalue weighted by Crippen LogP contribution is 2.31. The predicted molar refractivity (Wildman–Crippen MR) is 114 cm³/mol. The Morgan fingerprint density at radius 1 is 1.06 bits per heavy atom. The van der Waals surface area contributed by atoms with Gasteiger partial charge < -0.3 is 15.7 Å². The molecule has 0 aliphatic heterocycles. The molecule has 0 bridgehead atoms. The molecule has 4 rings (SSSR count). The molecular formula is C22H17F4N5O2. The largest absolute Gasteiger partial charge is 0.416 e. The normalized spacial score (nSPS) is 11.5. The SMILES string of the molecule is O=C(Nc1cccc(C(F)(F)F)c1)Nc1ccc(-c2cncc3c2cnn3CCO)cc1F. The quantitative estimate of drug-likeness (QED) is 0.371. The highest BCUT2D eigenvalue weighted by molar-refractivity contribution is 6.00. The number of pyridine rings is 1. The topological polar surface area (TPSA) is 92.1 Å². The standard InChI is InChI=1S/C22H17F4N5O2/c23-18-8-13(16-10-27-12-20-17(16)11-28-31(20)6-7-32)4-5-19(18)30-21(33)29-15-3-1-2-14(9-15)22(24,25)26/h1-5,8-12,32H,6-7H2,(H2,29,30,33). The van der Waals surface area contributed by atoms with Gasteiger partial charge in [0.1, 0.15) is 5.82 Å². The molecular weight excluding hydrogens is 442 g/mol. The van der Waals surface area contributed by atoms with Crippen LogP contribution in [0.2, 0.25) is 0 Å². The zero-order valence-electron chi connectivity index (χ0n) is 16.9. The van der Waals surface area contributed by atoms with Gasteiger partial charge in [-0.1, -0.05) is 12.1 Å². The van der Waals surface area contributed by atoms with E-state index in [2.05, 4.69) is 20.7 Å². The summed E-state index contributed by atoms with van der Waals surface area (Å²) < 4.78 is 54.8. The van der Waals surface area contributed by atoms with Crippen molar-refractivity contribution < 1.29 is 27.5 Å². The van der Waals surface area contributed by atoms with E-state index in [1.807, 2.05) is 0 Å². The lowest BCUT2D eigenvalue weighted by atomic mass is 10.0. The van der Waals surface area contributed by atoms with E-state index < -0.39 is 23.6 Å². The van der Waals surface area contributed by atoms with E-state index in [1.54, 1.807) is 29.3 Å². The van der Waals surface area contributed by atoms with E-state index in [4.69, 9.17) is 5.11 Å². The average Bonchev–Trinajstić information content (AvgIpc) is 3.18. The third-order valence-electron chi connectivity index (χ3n) is 4.86. The third kappa shape index (κ3) is 4.77. The van der Waals surface area contributed by atoms with Crippen LogP contribution in [0.3, 0.4) is 0 Å². The van der Waals surface area contributed by atoms with Crippen molar-refractivity contribution in [1.29, 1.82) is 0 Å². The van der Waals surface area contributed by atoms with Crippen LogP contribution < -0.4 is 10.6 Å². The lowest BCUT2D eigenvalue weighted by Crippen LogP contribution is -2.20. The number of carbonyl (C=O) groups is 1. The Labute approximate surface area is 184 Å². The Balaban J connectivity index is 1.53. The van der Waals surface area contributed by atoms with Gasteiger partial charge in [-0.05, 0) is 35.9 Å². The molecule has 0 spiro atoms. The lowest BCUT2D eigenvalue weighted by Gasteiger charge is -2.12. The van der Waals surface area contributed by atoms with Gasteiger partial charge in [-0.15, -0.1) is 0 Å². The number of anilines is 2. The number of hydrogen-bond acceptors (Lipinski definition) is 4. The number of fused-ring (bicyclic) bond motifs is 1. The van der Waals surface area contributed by atoms with Crippen molar-refractivity contribution in [2.24, 2.45) is 0 Å². The number of halogens is 4. The first kappa shape index (κ1) is 22.2. The number of nitrogens with one attached hydrogen (secondary N) is 2. The fourth-order valence-electron chi connectivity index (χ4n) is 3.34. The molecule has 2 heterocycles. The Morgan fingerprint density at radius 2 is 1.88 bits per heavy atom. The monoisotopic (exact) mass is 459 g/mol.